The highest BCUT2D eigenvalue weighted by Crippen LogP contribution is 2.39. The predicted octanol–water partition coefficient (Wildman–Crippen LogP) is 5.42. The van der Waals surface area contributed by atoms with Crippen molar-refractivity contribution in [2.45, 2.75) is 64.8 Å². The molecule has 0 bridgehead atoms. The van der Waals surface area contributed by atoms with E-state index in [1.165, 1.54) is 36.0 Å². The van der Waals surface area contributed by atoms with Gasteiger partial charge in [-0.2, -0.15) is 0 Å². The number of carbonyl (C=O) groups excluding carboxylic acids is 1. The Hall–Kier alpha value is -2.29. The van der Waals surface area contributed by atoms with Crippen LogP contribution in [0.4, 0.5) is 5.69 Å². The van der Waals surface area contributed by atoms with Gasteiger partial charge >= 0.3 is 0 Å². The van der Waals surface area contributed by atoms with Gasteiger partial charge < -0.3 is 9.64 Å². The molecule has 1 aliphatic heterocycles. The summed E-state index contributed by atoms with van der Waals surface area (Å²) in [4.78, 5) is 15.0. The molecule has 142 valence electrons. The van der Waals surface area contributed by atoms with Crippen LogP contribution in [0.15, 0.2) is 30.3 Å². The Morgan fingerprint density at radius 2 is 1.63 bits per heavy atom. The molecule has 2 aromatic rings. The Balaban J connectivity index is 1.74. The van der Waals surface area contributed by atoms with Crippen LogP contribution in [0.5, 0.6) is 5.75 Å². The standard InChI is InChI=1S/C24H29NO2/c1-24(2,3)19-10-11-20-18(12-19)15-25(23(20)26)21-13-16-8-6-5-7-9-17(16)14-22(21)27-4/h10-14H,5-9,15H2,1-4H3. The van der Waals surface area contributed by atoms with Gasteiger partial charge in [-0.05, 0) is 71.6 Å². The van der Waals surface area contributed by atoms with Crippen molar-refractivity contribution in [3.8, 4) is 5.75 Å². The fourth-order valence-electron chi connectivity index (χ4n) is 4.28. The molecule has 1 aliphatic carbocycles. The second-order valence-electron chi connectivity index (χ2n) is 8.87. The SMILES string of the molecule is COc1cc2c(cc1N1Cc3cc(C(C)(C)C)ccc3C1=O)CCCCC2. The van der Waals surface area contributed by atoms with Crippen molar-refractivity contribution in [1.82, 2.24) is 0 Å². The van der Waals surface area contributed by atoms with Crippen LogP contribution < -0.4 is 9.64 Å². The maximum Gasteiger partial charge on any atom is 0.259 e. The summed E-state index contributed by atoms with van der Waals surface area (Å²) in [7, 11) is 1.70. The molecule has 0 spiro atoms. The van der Waals surface area contributed by atoms with E-state index in [2.05, 4.69) is 45.0 Å². The maximum atomic E-state index is 13.1. The zero-order valence-corrected chi connectivity index (χ0v) is 16.9. The normalized spacial score (nSPS) is 16.7. The van der Waals surface area contributed by atoms with E-state index in [0.29, 0.717) is 6.54 Å². The molecule has 0 fully saturated rings. The molecule has 4 rings (SSSR count). The highest BCUT2D eigenvalue weighted by Gasteiger charge is 2.32. The molecule has 0 saturated carbocycles. The number of carbonyl (C=O) groups is 1. The van der Waals surface area contributed by atoms with Crippen LogP contribution in [-0.4, -0.2) is 13.0 Å². The number of hydrogen-bond donors (Lipinski definition) is 0. The molecule has 0 aromatic heterocycles. The Bertz CT molecular complexity index is 892. The Morgan fingerprint density at radius 3 is 2.30 bits per heavy atom. The maximum absolute atomic E-state index is 13.1. The minimum absolute atomic E-state index is 0.0766. The van der Waals surface area contributed by atoms with E-state index in [1.807, 2.05) is 11.0 Å². The Morgan fingerprint density at radius 1 is 0.926 bits per heavy atom. The summed E-state index contributed by atoms with van der Waals surface area (Å²) in [6.07, 6.45) is 5.93. The van der Waals surface area contributed by atoms with E-state index in [-0.39, 0.29) is 11.3 Å². The molecule has 3 nitrogen and oxygen atoms in total. The number of methoxy groups -OCH3 is 1. The van der Waals surface area contributed by atoms with Crippen molar-refractivity contribution < 1.29 is 9.53 Å². The second-order valence-corrected chi connectivity index (χ2v) is 8.87. The average Bonchev–Trinajstić information content (AvgIpc) is 2.81. The Kier molecular flexibility index (Phi) is 4.49. The summed E-state index contributed by atoms with van der Waals surface area (Å²) in [6, 6.07) is 10.6. The Labute approximate surface area is 162 Å². The largest absolute Gasteiger partial charge is 0.495 e. The van der Waals surface area contributed by atoms with Crippen LogP contribution in [0.2, 0.25) is 0 Å². The first-order chi connectivity index (χ1) is 12.9. The minimum Gasteiger partial charge on any atom is -0.495 e. The molecular weight excluding hydrogens is 334 g/mol. The zero-order chi connectivity index (χ0) is 19.2. The number of nitrogens with zero attached hydrogens (tertiary/aromatic N) is 1. The molecule has 0 radical (unpaired) electrons. The van der Waals surface area contributed by atoms with Crippen LogP contribution >= 0.6 is 0 Å². The van der Waals surface area contributed by atoms with Crippen LogP contribution in [0.25, 0.3) is 0 Å². The molecule has 1 amide bonds. The van der Waals surface area contributed by atoms with Crippen molar-refractivity contribution in [1.29, 1.82) is 0 Å². The van der Waals surface area contributed by atoms with Crippen molar-refractivity contribution in [3.05, 3.63) is 58.1 Å². The van der Waals surface area contributed by atoms with Crippen LogP contribution in [0, 0.1) is 0 Å². The molecule has 1 heterocycles. The highest BCUT2D eigenvalue weighted by molar-refractivity contribution is 6.10. The number of amides is 1. The predicted molar refractivity (Wildman–Crippen MR) is 110 cm³/mol. The van der Waals surface area contributed by atoms with Gasteiger partial charge in [0.1, 0.15) is 5.75 Å². The van der Waals surface area contributed by atoms with Crippen LogP contribution in [-0.2, 0) is 24.8 Å². The molecule has 27 heavy (non-hydrogen) atoms. The van der Waals surface area contributed by atoms with Crippen molar-refractivity contribution >= 4 is 11.6 Å². The van der Waals surface area contributed by atoms with E-state index in [0.717, 1.165) is 35.4 Å². The topological polar surface area (TPSA) is 29.5 Å². The van der Waals surface area contributed by atoms with Crippen LogP contribution in [0.1, 0.15) is 72.6 Å². The molecule has 0 unspecified atom stereocenters. The number of anilines is 1. The first kappa shape index (κ1) is 18.1. The van der Waals surface area contributed by atoms with Gasteiger partial charge in [0, 0.05) is 5.56 Å². The van der Waals surface area contributed by atoms with Crippen molar-refractivity contribution in [3.63, 3.8) is 0 Å². The molecule has 3 heteroatoms. The molecule has 0 atom stereocenters. The second kappa shape index (κ2) is 6.70. The van der Waals surface area contributed by atoms with E-state index in [4.69, 9.17) is 4.74 Å². The third-order valence-corrected chi connectivity index (χ3v) is 5.96. The quantitative estimate of drug-likeness (QED) is 0.667. The highest BCUT2D eigenvalue weighted by atomic mass is 16.5. The van der Waals surface area contributed by atoms with Gasteiger partial charge in [-0.25, -0.2) is 0 Å². The monoisotopic (exact) mass is 363 g/mol. The molecular formula is C24H29NO2. The van der Waals surface area contributed by atoms with E-state index >= 15 is 0 Å². The molecule has 2 aromatic carbocycles. The lowest BCUT2D eigenvalue weighted by molar-refractivity contribution is 0.0996. The zero-order valence-electron chi connectivity index (χ0n) is 16.9. The molecule has 2 aliphatic rings. The van der Waals surface area contributed by atoms with Crippen molar-refractivity contribution in [2.75, 3.05) is 12.0 Å². The van der Waals surface area contributed by atoms with E-state index in [1.54, 1.807) is 7.11 Å². The van der Waals surface area contributed by atoms with Gasteiger partial charge in [0.2, 0.25) is 0 Å². The lowest BCUT2D eigenvalue weighted by Crippen LogP contribution is -2.24. The summed E-state index contributed by atoms with van der Waals surface area (Å²) in [5, 5.41) is 0. The number of aryl methyl sites for hydroxylation is 2. The number of ether oxygens (including phenoxy) is 1. The third kappa shape index (κ3) is 3.24. The fourth-order valence-corrected chi connectivity index (χ4v) is 4.28. The number of hydrogen-bond acceptors (Lipinski definition) is 2. The van der Waals surface area contributed by atoms with Crippen LogP contribution in [0.3, 0.4) is 0 Å². The summed E-state index contributed by atoms with van der Waals surface area (Å²) >= 11 is 0. The number of fused-ring (bicyclic) bond motifs is 2. The first-order valence-electron chi connectivity index (χ1n) is 10.0. The van der Waals surface area contributed by atoms with Gasteiger partial charge in [-0.15, -0.1) is 0 Å². The molecule has 0 saturated heterocycles. The fraction of sp³-hybridized carbons (Fsp3) is 0.458. The van der Waals surface area contributed by atoms with E-state index in [9.17, 15) is 4.79 Å². The van der Waals surface area contributed by atoms with Crippen molar-refractivity contribution in [2.24, 2.45) is 0 Å². The van der Waals surface area contributed by atoms with E-state index < -0.39 is 0 Å². The summed E-state index contributed by atoms with van der Waals surface area (Å²) in [5.74, 6) is 0.894. The number of benzene rings is 2. The van der Waals surface area contributed by atoms with Gasteiger partial charge in [0.05, 0.1) is 19.3 Å². The smallest absolute Gasteiger partial charge is 0.259 e. The average molecular weight is 364 g/mol. The lowest BCUT2D eigenvalue weighted by Gasteiger charge is -2.21. The van der Waals surface area contributed by atoms with Gasteiger partial charge in [0.25, 0.3) is 5.91 Å². The first-order valence-corrected chi connectivity index (χ1v) is 10.0. The molecule has 0 N–H and O–H groups in total. The summed E-state index contributed by atoms with van der Waals surface area (Å²) < 4.78 is 5.70. The summed E-state index contributed by atoms with van der Waals surface area (Å²) in [5.41, 5.74) is 6.95. The minimum atomic E-state index is 0.0766. The van der Waals surface area contributed by atoms with Gasteiger partial charge in [0.15, 0.2) is 0 Å². The number of rotatable bonds is 2. The lowest BCUT2D eigenvalue weighted by atomic mass is 9.85. The van der Waals surface area contributed by atoms with Gasteiger partial charge in [-0.3, -0.25) is 4.79 Å². The summed E-state index contributed by atoms with van der Waals surface area (Å²) in [6.45, 7) is 7.24. The van der Waals surface area contributed by atoms with Gasteiger partial charge in [-0.1, -0.05) is 39.3 Å². The third-order valence-electron chi connectivity index (χ3n) is 5.96.